The monoisotopic (exact) mass is 314 g/mol. The summed E-state index contributed by atoms with van der Waals surface area (Å²) in [5, 5.41) is 4.31. The molecule has 116 valence electrons. The molecule has 0 bridgehead atoms. The zero-order valence-electron chi connectivity index (χ0n) is 12.9. The van der Waals surface area contributed by atoms with Crippen LogP contribution in [-0.2, 0) is 0 Å². The van der Waals surface area contributed by atoms with Crippen molar-refractivity contribution < 1.29 is 0 Å². The van der Waals surface area contributed by atoms with E-state index in [9.17, 15) is 0 Å². The van der Waals surface area contributed by atoms with Gasteiger partial charge >= 0.3 is 0 Å². The largest absolute Gasteiger partial charge is 0.394 e. The smallest absolute Gasteiger partial charge is 0.154 e. The van der Waals surface area contributed by atoms with Crippen molar-refractivity contribution in [2.75, 3.05) is 11.1 Å². The summed E-state index contributed by atoms with van der Waals surface area (Å²) < 4.78 is 0. The summed E-state index contributed by atoms with van der Waals surface area (Å²) in [6.07, 6.45) is 7.90. The van der Waals surface area contributed by atoms with Gasteiger partial charge in [0.05, 0.1) is 0 Å². The summed E-state index contributed by atoms with van der Waals surface area (Å²) >= 11 is 1.58. The first-order valence-corrected chi connectivity index (χ1v) is 8.65. The van der Waals surface area contributed by atoms with Gasteiger partial charge < -0.3 is 11.1 Å². The van der Waals surface area contributed by atoms with Crippen molar-refractivity contribution in [1.82, 2.24) is 9.97 Å². The third-order valence-corrected chi connectivity index (χ3v) is 5.06. The third kappa shape index (κ3) is 3.71. The quantitative estimate of drug-likeness (QED) is 0.825. The highest BCUT2D eigenvalue weighted by Gasteiger charge is 2.16. The van der Waals surface area contributed by atoms with Crippen molar-refractivity contribution in [3.8, 4) is 0 Å². The molecule has 3 N–H and O–H groups in total. The summed E-state index contributed by atoms with van der Waals surface area (Å²) in [6, 6.07) is 8.87. The lowest BCUT2D eigenvalue weighted by Gasteiger charge is -2.24. The van der Waals surface area contributed by atoms with Crippen LogP contribution < -0.4 is 11.1 Å². The lowest BCUT2D eigenvalue weighted by Crippen LogP contribution is -2.23. The Morgan fingerprint density at radius 1 is 1.09 bits per heavy atom. The highest BCUT2D eigenvalue weighted by Crippen LogP contribution is 2.34. The Kier molecular flexibility index (Phi) is 4.83. The van der Waals surface area contributed by atoms with Crippen LogP contribution in [0.25, 0.3) is 0 Å². The summed E-state index contributed by atoms with van der Waals surface area (Å²) in [4.78, 5) is 9.80. The van der Waals surface area contributed by atoms with Crippen LogP contribution in [0, 0.1) is 6.92 Å². The van der Waals surface area contributed by atoms with Gasteiger partial charge in [-0.3, -0.25) is 0 Å². The van der Waals surface area contributed by atoms with Crippen LogP contribution in [0.2, 0.25) is 0 Å². The molecule has 0 spiro atoms. The van der Waals surface area contributed by atoms with Crippen molar-refractivity contribution in [2.24, 2.45) is 0 Å². The van der Waals surface area contributed by atoms with E-state index in [0.717, 1.165) is 15.7 Å². The average molecular weight is 314 g/mol. The molecule has 1 fully saturated rings. The molecule has 1 aromatic heterocycles. The Hall–Kier alpha value is -1.75. The Labute approximate surface area is 135 Å². The molecule has 1 saturated carbocycles. The van der Waals surface area contributed by atoms with Crippen molar-refractivity contribution in [3.05, 3.63) is 36.2 Å². The number of hydrogen-bond acceptors (Lipinski definition) is 5. The number of aromatic nitrogens is 2. The predicted octanol–water partition coefficient (Wildman–Crippen LogP) is 4.26. The molecular weight excluding hydrogens is 292 g/mol. The Balaban J connectivity index is 1.74. The van der Waals surface area contributed by atoms with Crippen LogP contribution in [0.15, 0.2) is 40.5 Å². The number of nitrogens with one attached hydrogen (secondary N) is 1. The maximum Gasteiger partial charge on any atom is 0.154 e. The van der Waals surface area contributed by atoms with Crippen LogP contribution in [-0.4, -0.2) is 16.0 Å². The van der Waals surface area contributed by atoms with E-state index in [-0.39, 0.29) is 0 Å². The lowest BCUT2D eigenvalue weighted by molar-refractivity contribution is 0.462. The summed E-state index contributed by atoms with van der Waals surface area (Å²) in [6.45, 7) is 2.08. The fraction of sp³-hybridized carbons (Fsp3) is 0.412. The first kappa shape index (κ1) is 15.2. The molecule has 1 aliphatic rings. The van der Waals surface area contributed by atoms with Gasteiger partial charge in [-0.2, -0.15) is 0 Å². The van der Waals surface area contributed by atoms with Crippen LogP contribution in [0.1, 0.15) is 37.7 Å². The highest BCUT2D eigenvalue weighted by molar-refractivity contribution is 7.99. The fourth-order valence-electron chi connectivity index (χ4n) is 2.73. The molecule has 0 aliphatic heterocycles. The number of benzene rings is 1. The van der Waals surface area contributed by atoms with Crippen LogP contribution in [0.4, 0.5) is 11.5 Å². The first-order valence-electron chi connectivity index (χ1n) is 7.84. The maximum atomic E-state index is 6.27. The summed E-state index contributed by atoms with van der Waals surface area (Å²) in [5.41, 5.74) is 8.17. The second-order valence-electron chi connectivity index (χ2n) is 5.84. The minimum absolute atomic E-state index is 0.489. The molecule has 0 radical (unpaired) electrons. The van der Waals surface area contributed by atoms with E-state index >= 15 is 0 Å². The number of rotatable bonds is 4. The van der Waals surface area contributed by atoms with E-state index in [2.05, 4.69) is 46.5 Å². The van der Waals surface area contributed by atoms with Crippen LogP contribution in [0.3, 0.4) is 0 Å². The second-order valence-corrected chi connectivity index (χ2v) is 6.90. The molecule has 0 atom stereocenters. The minimum Gasteiger partial charge on any atom is -0.394 e. The van der Waals surface area contributed by atoms with E-state index in [0.29, 0.717) is 11.7 Å². The average Bonchev–Trinajstić information content (AvgIpc) is 2.54. The third-order valence-electron chi connectivity index (χ3n) is 4.03. The predicted molar refractivity (Wildman–Crippen MR) is 92.2 cm³/mol. The van der Waals surface area contributed by atoms with E-state index in [4.69, 9.17) is 5.73 Å². The molecule has 1 heterocycles. The zero-order valence-corrected chi connectivity index (χ0v) is 13.7. The lowest BCUT2D eigenvalue weighted by atomic mass is 9.95. The minimum atomic E-state index is 0.489. The molecule has 0 unspecified atom stereocenters. The fourth-order valence-corrected chi connectivity index (χ4v) is 3.54. The normalized spacial score (nSPS) is 15.7. The summed E-state index contributed by atoms with van der Waals surface area (Å²) in [5.74, 6) is 0.775. The van der Waals surface area contributed by atoms with Gasteiger partial charge in [0.25, 0.3) is 0 Å². The topological polar surface area (TPSA) is 63.8 Å². The molecule has 1 aliphatic carbocycles. The van der Waals surface area contributed by atoms with E-state index in [1.807, 2.05) is 0 Å². The van der Waals surface area contributed by atoms with Gasteiger partial charge in [0.2, 0.25) is 0 Å². The SMILES string of the molecule is Cc1ccc(Sc2ncnc(NC3CCCCC3)c2N)cc1. The van der Waals surface area contributed by atoms with Gasteiger partial charge in [0.15, 0.2) is 5.82 Å². The highest BCUT2D eigenvalue weighted by atomic mass is 32.2. The molecule has 0 saturated heterocycles. The number of nitrogens with two attached hydrogens (primary N) is 1. The van der Waals surface area contributed by atoms with Crippen molar-refractivity contribution in [2.45, 2.75) is 55.0 Å². The van der Waals surface area contributed by atoms with Gasteiger partial charge in [-0.05, 0) is 31.9 Å². The van der Waals surface area contributed by atoms with E-state index in [1.54, 1.807) is 18.1 Å². The Morgan fingerprint density at radius 3 is 2.55 bits per heavy atom. The molecule has 2 aromatic rings. The number of aryl methyl sites for hydroxylation is 1. The second kappa shape index (κ2) is 7.01. The number of anilines is 2. The maximum absolute atomic E-state index is 6.27. The molecule has 22 heavy (non-hydrogen) atoms. The molecule has 3 rings (SSSR count). The van der Waals surface area contributed by atoms with Gasteiger partial charge in [-0.1, -0.05) is 48.7 Å². The van der Waals surface area contributed by atoms with E-state index < -0.39 is 0 Å². The zero-order chi connectivity index (χ0) is 15.4. The van der Waals surface area contributed by atoms with Crippen LogP contribution in [0.5, 0.6) is 0 Å². The summed E-state index contributed by atoms with van der Waals surface area (Å²) in [7, 11) is 0. The van der Waals surface area contributed by atoms with Crippen molar-refractivity contribution in [3.63, 3.8) is 0 Å². The van der Waals surface area contributed by atoms with Gasteiger partial charge in [-0.15, -0.1) is 0 Å². The Bertz CT molecular complexity index is 621. The molecule has 0 amide bonds. The molecule has 5 heteroatoms. The number of nitrogens with zero attached hydrogens (tertiary/aromatic N) is 2. The van der Waals surface area contributed by atoms with Crippen molar-refractivity contribution >= 4 is 23.3 Å². The molecular formula is C17H22N4S. The standard InChI is InChI=1S/C17H22N4S/c1-12-7-9-14(10-8-12)22-17-15(18)16(19-11-20-17)21-13-5-3-2-4-6-13/h7-11,13H,2-6,18H2,1H3,(H,19,20,21). The van der Waals surface area contributed by atoms with E-state index in [1.165, 1.54) is 37.7 Å². The van der Waals surface area contributed by atoms with Gasteiger partial charge in [0.1, 0.15) is 17.0 Å². The van der Waals surface area contributed by atoms with Crippen molar-refractivity contribution in [1.29, 1.82) is 0 Å². The molecule has 4 nitrogen and oxygen atoms in total. The van der Waals surface area contributed by atoms with Crippen LogP contribution >= 0.6 is 11.8 Å². The van der Waals surface area contributed by atoms with Gasteiger partial charge in [-0.25, -0.2) is 9.97 Å². The first-order chi connectivity index (χ1) is 10.7. The molecule has 1 aromatic carbocycles. The number of nitrogen functional groups attached to an aromatic ring is 1. The van der Waals surface area contributed by atoms with Gasteiger partial charge in [0, 0.05) is 10.9 Å². The Morgan fingerprint density at radius 2 is 1.82 bits per heavy atom. The number of hydrogen-bond donors (Lipinski definition) is 2.